The SMILES string of the molecule is CPCc1ncc(-c2ccccc2)o1. The van der Waals surface area contributed by atoms with Gasteiger partial charge in [0.1, 0.15) is 0 Å². The van der Waals surface area contributed by atoms with Crippen LogP contribution < -0.4 is 0 Å². The van der Waals surface area contributed by atoms with Crippen molar-refractivity contribution in [3.05, 3.63) is 42.4 Å². The molecule has 3 heteroatoms. The number of aromatic nitrogens is 1. The summed E-state index contributed by atoms with van der Waals surface area (Å²) in [4.78, 5) is 4.22. The van der Waals surface area contributed by atoms with Crippen molar-refractivity contribution in [2.75, 3.05) is 6.66 Å². The van der Waals surface area contributed by atoms with E-state index in [1.807, 2.05) is 30.3 Å². The molecule has 0 aliphatic heterocycles. The van der Waals surface area contributed by atoms with Crippen LogP contribution >= 0.6 is 8.58 Å². The van der Waals surface area contributed by atoms with Crippen LogP contribution in [0.25, 0.3) is 11.3 Å². The molecule has 0 bridgehead atoms. The molecule has 0 amide bonds. The average Bonchev–Trinajstić information content (AvgIpc) is 2.68. The highest BCUT2D eigenvalue weighted by atomic mass is 31.1. The van der Waals surface area contributed by atoms with Crippen LogP contribution in [0.15, 0.2) is 40.9 Å². The fourth-order valence-electron chi connectivity index (χ4n) is 1.28. The first-order valence-electron chi connectivity index (χ1n) is 4.55. The molecule has 0 aliphatic carbocycles. The summed E-state index contributed by atoms with van der Waals surface area (Å²) in [6, 6.07) is 10.0. The van der Waals surface area contributed by atoms with Crippen molar-refractivity contribution in [2.45, 2.75) is 6.16 Å². The second kappa shape index (κ2) is 4.39. The van der Waals surface area contributed by atoms with Crippen LogP contribution in [-0.4, -0.2) is 11.6 Å². The summed E-state index contributed by atoms with van der Waals surface area (Å²) in [5, 5.41) is 0. The number of oxazole rings is 1. The van der Waals surface area contributed by atoms with Gasteiger partial charge in [-0.25, -0.2) is 4.98 Å². The lowest BCUT2D eigenvalue weighted by Crippen LogP contribution is -1.73. The normalized spacial score (nSPS) is 11.2. The second-order valence-corrected chi connectivity index (χ2v) is 4.08. The zero-order chi connectivity index (χ0) is 9.80. The summed E-state index contributed by atoms with van der Waals surface area (Å²) < 4.78 is 5.61. The van der Waals surface area contributed by atoms with Gasteiger partial charge in [-0.05, 0) is 6.66 Å². The van der Waals surface area contributed by atoms with E-state index in [1.165, 1.54) is 0 Å². The van der Waals surface area contributed by atoms with Crippen molar-refractivity contribution in [2.24, 2.45) is 0 Å². The van der Waals surface area contributed by atoms with Gasteiger partial charge >= 0.3 is 0 Å². The molecule has 1 aromatic heterocycles. The maximum Gasteiger partial charge on any atom is 0.198 e. The summed E-state index contributed by atoms with van der Waals surface area (Å²) in [6.07, 6.45) is 2.73. The monoisotopic (exact) mass is 205 g/mol. The first-order valence-corrected chi connectivity index (χ1v) is 6.25. The molecule has 1 heterocycles. The Morgan fingerprint density at radius 1 is 1.29 bits per heavy atom. The van der Waals surface area contributed by atoms with Crippen LogP contribution in [0.1, 0.15) is 5.89 Å². The Kier molecular flexibility index (Phi) is 2.95. The van der Waals surface area contributed by atoms with Crippen molar-refractivity contribution in [3.63, 3.8) is 0 Å². The molecule has 72 valence electrons. The van der Waals surface area contributed by atoms with Crippen molar-refractivity contribution >= 4 is 8.58 Å². The van der Waals surface area contributed by atoms with E-state index in [0.717, 1.165) is 32.0 Å². The van der Waals surface area contributed by atoms with Crippen LogP contribution in [-0.2, 0) is 6.16 Å². The van der Waals surface area contributed by atoms with Crippen LogP contribution in [0.4, 0.5) is 0 Å². The fraction of sp³-hybridized carbons (Fsp3) is 0.182. The predicted molar refractivity (Wildman–Crippen MR) is 59.9 cm³/mol. The van der Waals surface area contributed by atoms with E-state index < -0.39 is 0 Å². The van der Waals surface area contributed by atoms with Crippen molar-refractivity contribution in [1.29, 1.82) is 0 Å². The van der Waals surface area contributed by atoms with Gasteiger partial charge in [0.05, 0.1) is 6.20 Å². The maximum atomic E-state index is 5.61. The van der Waals surface area contributed by atoms with Gasteiger partial charge in [-0.2, -0.15) is 0 Å². The Hall–Kier alpha value is -1.14. The van der Waals surface area contributed by atoms with E-state index in [2.05, 4.69) is 11.6 Å². The number of rotatable bonds is 3. The van der Waals surface area contributed by atoms with Crippen molar-refractivity contribution in [1.82, 2.24) is 4.98 Å². The zero-order valence-electron chi connectivity index (χ0n) is 8.03. The second-order valence-electron chi connectivity index (χ2n) is 3.01. The predicted octanol–water partition coefficient (Wildman–Crippen LogP) is 3.15. The third kappa shape index (κ3) is 2.02. The Morgan fingerprint density at radius 2 is 2.07 bits per heavy atom. The first kappa shape index (κ1) is 9.42. The smallest absolute Gasteiger partial charge is 0.198 e. The topological polar surface area (TPSA) is 26.0 Å². The molecular weight excluding hydrogens is 193 g/mol. The van der Waals surface area contributed by atoms with Gasteiger partial charge in [0.25, 0.3) is 0 Å². The Labute approximate surface area is 85.1 Å². The van der Waals surface area contributed by atoms with E-state index in [4.69, 9.17) is 4.42 Å². The van der Waals surface area contributed by atoms with Crippen molar-refractivity contribution < 1.29 is 4.42 Å². The molecule has 0 radical (unpaired) electrons. The Morgan fingerprint density at radius 3 is 2.79 bits per heavy atom. The highest BCUT2D eigenvalue weighted by Crippen LogP contribution is 2.22. The minimum atomic E-state index is 0.838. The molecule has 2 aromatic rings. The molecule has 0 N–H and O–H groups in total. The molecule has 0 saturated heterocycles. The molecule has 0 spiro atoms. The molecule has 2 rings (SSSR count). The Bertz CT molecular complexity index is 397. The van der Waals surface area contributed by atoms with Gasteiger partial charge in [0.15, 0.2) is 11.7 Å². The minimum Gasteiger partial charge on any atom is -0.440 e. The molecule has 14 heavy (non-hydrogen) atoms. The molecule has 0 saturated carbocycles. The van der Waals surface area contributed by atoms with Crippen LogP contribution in [0.5, 0.6) is 0 Å². The lowest BCUT2D eigenvalue weighted by Gasteiger charge is -1.93. The summed E-state index contributed by atoms with van der Waals surface area (Å²) in [5.74, 6) is 1.70. The Balaban J connectivity index is 2.25. The van der Waals surface area contributed by atoms with Crippen molar-refractivity contribution in [3.8, 4) is 11.3 Å². The maximum absolute atomic E-state index is 5.61. The number of nitrogens with zero attached hydrogens (tertiary/aromatic N) is 1. The third-order valence-electron chi connectivity index (χ3n) is 1.94. The molecule has 0 fully saturated rings. The number of hydrogen-bond acceptors (Lipinski definition) is 2. The van der Waals surface area contributed by atoms with E-state index >= 15 is 0 Å². The highest BCUT2D eigenvalue weighted by Gasteiger charge is 2.04. The summed E-state index contributed by atoms with van der Waals surface area (Å²) in [7, 11) is 0.850. The van der Waals surface area contributed by atoms with E-state index in [0.29, 0.717) is 0 Å². The molecular formula is C11H12NOP. The average molecular weight is 205 g/mol. The van der Waals surface area contributed by atoms with E-state index in [1.54, 1.807) is 6.20 Å². The molecule has 1 unspecified atom stereocenters. The summed E-state index contributed by atoms with van der Waals surface area (Å²) >= 11 is 0. The largest absolute Gasteiger partial charge is 0.440 e. The number of hydrogen-bond donors (Lipinski definition) is 0. The lowest BCUT2D eigenvalue weighted by molar-refractivity contribution is 0.529. The van der Waals surface area contributed by atoms with E-state index in [-0.39, 0.29) is 0 Å². The lowest BCUT2D eigenvalue weighted by atomic mass is 10.2. The molecule has 1 aromatic carbocycles. The van der Waals surface area contributed by atoms with Gasteiger partial charge in [-0.1, -0.05) is 30.3 Å². The standard InChI is InChI=1S/C11H12NOP/c1-14-8-11-12-7-10(13-11)9-5-3-2-4-6-9/h2-7,14H,8H2,1H3. The summed E-state index contributed by atoms with van der Waals surface area (Å²) in [6.45, 7) is 2.15. The first-order chi connectivity index (χ1) is 6.90. The van der Waals surface area contributed by atoms with Gasteiger partial charge in [0.2, 0.25) is 0 Å². The number of benzene rings is 1. The van der Waals surface area contributed by atoms with E-state index in [9.17, 15) is 0 Å². The molecule has 0 aliphatic rings. The third-order valence-corrected chi connectivity index (χ3v) is 2.60. The molecule has 1 atom stereocenters. The quantitative estimate of drug-likeness (QED) is 0.719. The van der Waals surface area contributed by atoms with Gasteiger partial charge < -0.3 is 4.42 Å². The minimum absolute atomic E-state index is 0.838. The van der Waals surface area contributed by atoms with Gasteiger partial charge in [-0.15, -0.1) is 8.58 Å². The van der Waals surface area contributed by atoms with Crippen LogP contribution in [0.3, 0.4) is 0 Å². The van der Waals surface area contributed by atoms with Crippen LogP contribution in [0, 0.1) is 0 Å². The zero-order valence-corrected chi connectivity index (χ0v) is 9.03. The van der Waals surface area contributed by atoms with Crippen LogP contribution in [0.2, 0.25) is 0 Å². The summed E-state index contributed by atoms with van der Waals surface area (Å²) in [5.41, 5.74) is 1.09. The fourth-order valence-corrected chi connectivity index (χ4v) is 1.74. The highest BCUT2D eigenvalue weighted by molar-refractivity contribution is 7.36. The van der Waals surface area contributed by atoms with Gasteiger partial charge in [-0.3, -0.25) is 0 Å². The van der Waals surface area contributed by atoms with Gasteiger partial charge in [0, 0.05) is 11.7 Å². The molecule has 2 nitrogen and oxygen atoms in total.